The first-order chi connectivity index (χ1) is 19.9. The fourth-order valence-electron chi connectivity index (χ4n) is 3.37. The molecule has 0 atom stereocenters. The maximum atomic E-state index is 11.4. The van der Waals surface area contributed by atoms with Gasteiger partial charge in [-0.05, 0) is 12.1 Å². The minimum absolute atomic E-state index is 0.331. The first kappa shape index (κ1) is 42.4. The molecule has 1 aromatic carbocycles. The summed E-state index contributed by atoms with van der Waals surface area (Å²) in [7, 11) is -36.1. The van der Waals surface area contributed by atoms with E-state index in [1.165, 1.54) is 0 Å². The van der Waals surface area contributed by atoms with E-state index in [0.717, 1.165) is 0 Å². The van der Waals surface area contributed by atoms with Gasteiger partial charge in [-0.2, -0.15) is 0 Å². The smallest absolute Gasteiger partial charge is 0.470 e. The highest BCUT2D eigenvalue weighted by Gasteiger charge is 2.62. The Morgan fingerprint density at radius 3 is 0.711 bits per heavy atom. The molecule has 2 rings (SSSR count). The van der Waals surface area contributed by atoms with Gasteiger partial charge in [0.05, 0.1) is 5.56 Å². The summed E-state index contributed by atoms with van der Waals surface area (Å²) in [5.74, 6) is -0.879. The monoisotopic (exact) mass is 782 g/mol. The van der Waals surface area contributed by atoms with E-state index < -0.39 is 89.5 Å². The number of carbonyl (C=O) groups is 1. The first-order valence-corrected chi connectivity index (χ1v) is 19.8. The first-order valence-electron chi connectivity index (χ1n) is 10.6. The van der Waals surface area contributed by atoms with E-state index in [2.05, 4.69) is 27.1 Å². The highest BCUT2D eigenvalue weighted by molar-refractivity contribution is 7.47. The Hall–Kier alpha value is -0.650. The Kier molecular flexibility index (Phi) is 14.8. The average molecular weight is 782 g/mol. The number of phosphoric ester groups is 6. The molecule has 0 amide bonds. The highest BCUT2D eigenvalue weighted by Crippen LogP contribution is 2.57. The van der Waals surface area contributed by atoms with Gasteiger partial charge in [0.15, 0.2) is 0 Å². The Morgan fingerprint density at radius 2 is 0.600 bits per heavy atom. The summed E-state index contributed by atoms with van der Waals surface area (Å²) in [6, 6.07) is 8.30. The number of hydrogen-bond donors (Lipinski definition) is 13. The van der Waals surface area contributed by atoms with Crippen molar-refractivity contribution in [3.63, 3.8) is 0 Å². The molecule has 0 unspecified atom stereocenters. The van der Waals surface area contributed by atoms with Crippen LogP contribution in [0.4, 0.5) is 0 Å². The van der Waals surface area contributed by atoms with Crippen LogP contribution in [-0.4, -0.2) is 106 Å². The van der Waals surface area contributed by atoms with Crippen molar-refractivity contribution < 1.29 is 123 Å². The lowest BCUT2D eigenvalue weighted by Crippen LogP contribution is -2.66. The molecule has 1 aliphatic carbocycles. The third-order valence-corrected chi connectivity index (χ3v) is 7.63. The topological polar surface area (TPSA) is 438 Å². The molecular formula is C13H24O26P6. The van der Waals surface area contributed by atoms with Gasteiger partial charge in [0.2, 0.25) is 0 Å². The van der Waals surface area contributed by atoms with Crippen molar-refractivity contribution in [1.29, 1.82) is 0 Å². The molecule has 32 heteroatoms. The minimum atomic E-state index is -6.02. The zero-order chi connectivity index (χ0) is 35.4. The van der Waals surface area contributed by atoms with Gasteiger partial charge in [-0.3, -0.25) is 27.1 Å². The SMILES string of the molecule is O=C(O)c1ccccc1.O=P(O)(O)OC1C(OP(=O)(O)O)C(OP(=O)(O)O)C(OP(=O)(O)O)C(OP(=O)(O)O)C1OP(=O)(O)O. The molecule has 0 bridgehead atoms. The largest absolute Gasteiger partial charge is 0.478 e. The number of rotatable bonds is 13. The minimum Gasteiger partial charge on any atom is -0.478 e. The lowest BCUT2D eigenvalue weighted by atomic mass is 9.85. The number of benzene rings is 1. The third-order valence-electron chi connectivity index (χ3n) is 4.52. The van der Waals surface area contributed by atoms with Crippen LogP contribution in [0.15, 0.2) is 30.3 Å². The summed E-state index contributed by atoms with van der Waals surface area (Å²) in [5, 5.41) is 8.38. The van der Waals surface area contributed by atoms with E-state index in [0.29, 0.717) is 5.56 Å². The van der Waals surface area contributed by atoms with E-state index in [1.807, 2.05) is 0 Å². The average Bonchev–Trinajstić information content (AvgIpc) is 2.77. The lowest BCUT2D eigenvalue weighted by Gasteiger charge is -2.48. The van der Waals surface area contributed by atoms with Crippen molar-refractivity contribution in [2.45, 2.75) is 36.6 Å². The van der Waals surface area contributed by atoms with Crippen molar-refractivity contribution in [2.75, 3.05) is 0 Å². The molecule has 1 aliphatic rings. The standard InChI is InChI=1S/C7H6O2.C6H18O24P6/c8-7(9)6-4-2-1-3-5-6;7-31(8,9)25-1-2(26-32(10,11)12)4(28-34(16,17)18)6(30-36(22,23)24)5(29-35(19,20)21)3(1)27-33(13,14)15/h1-5H,(H,8,9);1-6H,(H2,7,8,9)(H2,10,11,12)(H2,13,14,15)(H2,16,17,18)(H2,19,20,21)(H2,22,23,24). The van der Waals surface area contributed by atoms with Gasteiger partial charge in [-0.1, -0.05) is 18.2 Å². The zero-order valence-corrected chi connectivity index (χ0v) is 26.5. The molecule has 0 spiro atoms. The predicted molar refractivity (Wildman–Crippen MR) is 135 cm³/mol. The summed E-state index contributed by atoms with van der Waals surface area (Å²) in [5.41, 5.74) is 0.331. The molecule has 1 fully saturated rings. The van der Waals surface area contributed by atoms with Gasteiger partial charge in [0.1, 0.15) is 36.6 Å². The van der Waals surface area contributed by atoms with Crippen molar-refractivity contribution in [1.82, 2.24) is 0 Å². The van der Waals surface area contributed by atoms with E-state index in [9.17, 15) is 32.2 Å². The molecule has 45 heavy (non-hydrogen) atoms. The third kappa shape index (κ3) is 17.4. The second kappa shape index (κ2) is 15.7. The number of carboxylic acid groups (broad SMARTS) is 1. The second-order valence-corrected chi connectivity index (χ2v) is 15.2. The van der Waals surface area contributed by atoms with Gasteiger partial charge in [0.25, 0.3) is 0 Å². The Bertz CT molecular complexity index is 1200. The molecule has 1 aromatic rings. The summed E-state index contributed by atoms with van der Waals surface area (Å²) in [6.07, 6.45) is -18.9. The number of hydrogen-bond acceptors (Lipinski definition) is 13. The van der Waals surface area contributed by atoms with Crippen LogP contribution in [0.1, 0.15) is 10.4 Å². The molecule has 0 radical (unpaired) electrons. The normalized spacial score (nSPS) is 25.2. The maximum absolute atomic E-state index is 11.4. The van der Waals surface area contributed by atoms with Crippen LogP contribution in [0.25, 0.3) is 0 Å². The molecule has 262 valence electrons. The molecule has 13 N–H and O–H groups in total. The summed E-state index contributed by atoms with van der Waals surface area (Å²) >= 11 is 0. The lowest BCUT2D eigenvalue weighted by molar-refractivity contribution is -0.202. The van der Waals surface area contributed by atoms with Crippen molar-refractivity contribution in [2.24, 2.45) is 0 Å². The van der Waals surface area contributed by atoms with E-state index in [1.54, 1.807) is 30.3 Å². The van der Waals surface area contributed by atoms with Crippen molar-refractivity contribution in [3.05, 3.63) is 35.9 Å². The molecule has 0 saturated heterocycles. The molecule has 0 aliphatic heterocycles. The van der Waals surface area contributed by atoms with E-state index >= 15 is 0 Å². The van der Waals surface area contributed by atoms with Gasteiger partial charge in [-0.15, -0.1) is 0 Å². The van der Waals surface area contributed by atoms with E-state index in [4.69, 9.17) is 63.8 Å². The van der Waals surface area contributed by atoms with Gasteiger partial charge >= 0.3 is 52.9 Å². The Balaban J connectivity index is 0.000000956. The highest BCUT2D eigenvalue weighted by atomic mass is 31.2. The fraction of sp³-hybridized carbons (Fsp3) is 0.462. The molecule has 0 aromatic heterocycles. The Morgan fingerprint density at radius 1 is 0.422 bits per heavy atom. The fourth-order valence-corrected chi connectivity index (χ4v) is 6.72. The van der Waals surface area contributed by atoms with E-state index in [-0.39, 0.29) is 0 Å². The summed E-state index contributed by atoms with van der Waals surface area (Å²) in [6.45, 7) is 0. The predicted octanol–water partition coefficient (Wildman–Crippen LogP) is -1.75. The number of phosphoric acid groups is 6. The van der Waals surface area contributed by atoms with Crippen LogP contribution >= 0.6 is 46.9 Å². The second-order valence-electron chi connectivity index (χ2n) is 8.03. The summed E-state index contributed by atoms with van der Waals surface area (Å²) < 4.78 is 93.1. The number of aromatic carboxylic acids is 1. The van der Waals surface area contributed by atoms with Crippen LogP contribution in [0, 0.1) is 0 Å². The Labute approximate surface area is 248 Å². The number of carboxylic acids is 1. The van der Waals surface area contributed by atoms with Crippen LogP contribution in [0.3, 0.4) is 0 Å². The van der Waals surface area contributed by atoms with Gasteiger partial charge < -0.3 is 63.8 Å². The molecule has 1 saturated carbocycles. The van der Waals surface area contributed by atoms with Gasteiger partial charge in [0, 0.05) is 0 Å². The van der Waals surface area contributed by atoms with Crippen molar-refractivity contribution >= 4 is 52.9 Å². The van der Waals surface area contributed by atoms with Crippen molar-refractivity contribution in [3.8, 4) is 0 Å². The quantitative estimate of drug-likeness (QED) is 0.0987. The van der Waals surface area contributed by atoms with Gasteiger partial charge in [-0.25, -0.2) is 32.2 Å². The zero-order valence-electron chi connectivity index (χ0n) is 21.2. The van der Waals surface area contributed by atoms with Crippen LogP contribution in [-0.2, 0) is 54.5 Å². The van der Waals surface area contributed by atoms with Crippen LogP contribution in [0.5, 0.6) is 0 Å². The molecular weight excluding hydrogens is 758 g/mol. The molecule has 0 heterocycles. The van der Waals surface area contributed by atoms with Crippen LogP contribution in [0.2, 0.25) is 0 Å². The summed E-state index contributed by atoms with van der Waals surface area (Å²) in [4.78, 5) is 120. The van der Waals surface area contributed by atoms with Crippen LogP contribution < -0.4 is 0 Å². The maximum Gasteiger partial charge on any atom is 0.470 e. The molecule has 26 nitrogen and oxygen atoms in total.